The van der Waals surface area contributed by atoms with Crippen LogP contribution in [0.25, 0.3) is 0 Å². The molecule has 1 amide bonds. The smallest absolute Gasteiger partial charge is 0.245 e. The number of methoxy groups -OCH3 is 1. The molecule has 1 aromatic rings. The number of hydrogen-bond donors (Lipinski definition) is 2. The SMILES string of the molecule is CCCCNC(=O)[C@@H](N=Cc1cc(OC)ccc1O)C(C)(C)C. The number of aliphatic imine (C=N–C) groups is 1. The lowest BCUT2D eigenvalue weighted by Gasteiger charge is -2.26. The third-order valence-electron chi connectivity index (χ3n) is 3.50. The zero-order valence-electron chi connectivity index (χ0n) is 14.7. The van der Waals surface area contributed by atoms with E-state index in [0.29, 0.717) is 17.9 Å². The molecule has 1 aromatic carbocycles. The number of phenols is 1. The van der Waals surface area contributed by atoms with Gasteiger partial charge in [-0.15, -0.1) is 0 Å². The zero-order chi connectivity index (χ0) is 17.5. The standard InChI is InChI=1S/C18H28N2O3/c1-6-7-10-19-17(22)16(18(2,3)4)20-12-13-11-14(23-5)8-9-15(13)21/h8-9,11-12,16,21H,6-7,10H2,1-5H3,(H,19,22)/t16-/m1/s1. The van der Waals surface area contributed by atoms with Crippen LogP contribution in [-0.2, 0) is 4.79 Å². The number of benzene rings is 1. The van der Waals surface area contributed by atoms with E-state index in [2.05, 4.69) is 17.2 Å². The fraction of sp³-hybridized carbons (Fsp3) is 0.556. The second kappa shape index (κ2) is 8.56. The molecule has 128 valence electrons. The number of carbonyl (C=O) groups is 1. The predicted molar refractivity (Wildman–Crippen MR) is 93.4 cm³/mol. The molecule has 0 saturated heterocycles. The van der Waals surface area contributed by atoms with Crippen LogP contribution in [0.1, 0.15) is 46.1 Å². The van der Waals surface area contributed by atoms with E-state index in [1.165, 1.54) is 6.21 Å². The van der Waals surface area contributed by atoms with Crippen molar-refractivity contribution in [2.24, 2.45) is 10.4 Å². The van der Waals surface area contributed by atoms with Gasteiger partial charge in [0.05, 0.1) is 7.11 Å². The number of carbonyl (C=O) groups excluding carboxylic acids is 1. The fourth-order valence-electron chi connectivity index (χ4n) is 2.09. The van der Waals surface area contributed by atoms with Crippen molar-refractivity contribution in [1.82, 2.24) is 5.32 Å². The molecule has 0 bridgehead atoms. The molecule has 1 rings (SSSR count). The third kappa shape index (κ3) is 5.93. The monoisotopic (exact) mass is 320 g/mol. The number of unbranched alkanes of at least 4 members (excludes halogenated alkanes) is 1. The lowest BCUT2D eigenvalue weighted by atomic mass is 9.86. The highest BCUT2D eigenvalue weighted by molar-refractivity contribution is 5.89. The highest BCUT2D eigenvalue weighted by Crippen LogP contribution is 2.25. The topological polar surface area (TPSA) is 70.9 Å². The summed E-state index contributed by atoms with van der Waals surface area (Å²) in [6.45, 7) is 8.65. The summed E-state index contributed by atoms with van der Waals surface area (Å²) in [6.07, 6.45) is 3.51. The van der Waals surface area contributed by atoms with Crippen LogP contribution in [0.2, 0.25) is 0 Å². The van der Waals surface area contributed by atoms with Crippen LogP contribution in [0.4, 0.5) is 0 Å². The summed E-state index contributed by atoms with van der Waals surface area (Å²) >= 11 is 0. The van der Waals surface area contributed by atoms with Gasteiger partial charge in [0.15, 0.2) is 0 Å². The van der Waals surface area contributed by atoms with Crippen molar-refractivity contribution in [2.75, 3.05) is 13.7 Å². The third-order valence-corrected chi connectivity index (χ3v) is 3.50. The molecule has 0 aliphatic heterocycles. The first-order valence-corrected chi connectivity index (χ1v) is 7.97. The van der Waals surface area contributed by atoms with Crippen LogP contribution in [0.5, 0.6) is 11.5 Å². The quantitative estimate of drug-likeness (QED) is 0.599. The lowest BCUT2D eigenvalue weighted by molar-refractivity contribution is -0.124. The van der Waals surface area contributed by atoms with Gasteiger partial charge in [-0.3, -0.25) is 9.79 Å². The minimum atomic E-state index is -0.523. The van der Waals surface area contributed by atoms with Crippen molar-refractivity contribution in [3.8, 4) is 11.5 Å². The number of rotatable bonds is 7. The molecule has 0 heterocycles. The molecule has 23 heavy (non-hydrogen) atoms. The number of phenolic OH excluding ortho intramolecular Hbond substituents is 1. The van der Waals surface area contributed by atoms with Gasteiger partial charge in [0, 0.05) is 18.3 Å². The molecule has 0 aromatic heterocycles. The van der Waals surface area contributed by atoms with Crippen molar-refractivity contribution in [3.05, 3.63) is 23.8 Å². The van der Waals surface area contributed by atoms with Crippen LogP contribution in [0.15, 0.2) is 23.2 Å². The second-order valence-electron chi connectivity index (χ2n) is 6.62. The van der Waals surface area contributed by atoms with Gasteiger partial charge < -0.3 is 15.2 Å². The number of hydrogen-bond acceptors (Lipinski definition) is 4. The molecular weight excluding hydrogens is 292 g/mol. The zero-order valence-corrected chi connectivity index (χ0v) is 14.7. The Balaban J connectivity index is 2.95. The maximum absolute atomic E-state index is 12.4. The minimum absolute atomic E-state index is 0.0930. The van der Waals surface area contributed by atoms with Crippen LogP contribution >= 0.6 is 0 Å². The maximum Gasteiger partial charge on any atom is 0.245 e. The summed E-state index contributed by atoms with van der Waals surface area (Å²) < 4.78 is 5.14. The molecule has 2 N–H and O–H groups in total. The Morgan fingerprint density at radius 1 is 1.43 bits per heavy atom. The molecule has 5 heteroatoms. The van der Waals surface area contributed by atoms with Gasteiger partial charge in [0.25, 0.3) is 0 Å². The molecule has 1 atom stereocenters. The van der Waals surface area contributed by atoms with E-state index in [0.717, 1.165) is 12.8 Å². The molecule has 0 spiro atoms. The van der Waals surface area contributed by atoms with Crippen molar-refractivity contribution in [3.63, 3.8) is 0 Å². The van der Waals surface area contributed by atoms with E-state index in [4.69, 9.17) is 4.74 Å². The first-order valence-electron chi connectivity index (χ1n) is 7.97. The van der Waals surface area contributed by atoms with Crippen LogP contribution in [0.3, 0.4) is 0 Å². The number of aromatic hydroxyl groups is 1. The highest BCUT2D eigenvalue weighted by atomic mass is 16.5. The first-order chi connectivity index (χ1) is 10.8. The van der Waals surface area contributed by atoms with Gasteiger partial charge in [-0.2, -0.15) is 0 Å². The largest absolute Gasteiger partial charge is 0.507 e. The Bertz CT molecular complexity index is 548. The van der Waals surface area contributed by atoms with E-state index in [1.807, 2.05) is 20.8 Å². The summed E-state index contributed by atoms with van der Waals surface area (Å²) in [7, 11) is 1.56. The van der Waals surface area contributed by atoms with Crippen molar-refractivity contribution >= 4 is 12.1 Å². The average molecular weight is 320 g/mol. The van der Waals surface area contributed by atoms with E-state index in [1.54, 1.807) is 25.3 Å². The Labute approximate surface area is 138 Å². The Morgan fingerprint density at radius 3 is 2.70 bits per heavy atom. The van der Waals surface area contributed by atoms with E-state index in [-0.39, 0.29) is 17.1 Å². The average Bonchev–Trinajstić information content (AvgIpc) is 2.48. The molecular formula is C18H28N2O3. The van der Waals surface area contributed by atoms with Crippen molar-refractivity contribution < 1.29 is 14.6 Å². The van der Waals surface area contributed by atoms with E-state index < -0.39 is 6.04 Å². The van der Waals surface area contributed by atoms with Crippen LogP contribution in [-0.4, -0.2) is 36.9 Å². The van der Waals surface area contributed by atoms with Gasteiger partial charge in [-0.1, -0.05) is 34.1 Å². The molecule has 0 saturated carbocycles. The molecule has 0 unspecified atom stereocenters. The summed E-state index contributed by atoms with van der Waals surface area (Å²) in [6, 6.07) is 4.39. The molecule has 0 aliphatic carbocycles. The Kier molecular flexibility index (Phi) is 7.07. The van der Waals surface area contributed by atoms with Gasteiger partial charge in [-0.25, -0.2) is 0 Å². The van der Waals surface area contributed by atoms with E-state index in [9.17, 15) is 9.90 Å². The summed E-state index contributed by atoms with van der Waals surface area (Å²) in [5.74, 6) is 0.641. The molecule has 0 fully saturated rings. The summed E-state index contributed by atoms with van der Waals surface area (Å²) in [4.78, 5) is 16.8. The Hall–Kier alpha value is -2.04. The highest BCUT2D eigenvalue weighted by Gasteiger charge is 2.30. The van der Waals surface area contributed by atoms with Crippen molar-refractivity contribution in [1.29, 1.82) is 0 Å². The predicted octanol–water partition coefficient (Wildman–Crippen LogP) is 3.15. The Morgan fingerprint density at radius 2 is 2.13 bits per heavy atom. The lowest BCUT2D eigenvalue weighted by Crippen LogP contribution is -2.41. The number of nitrogens with zero attached hydrogens (tertiary/aromatic N) is 1. The molecule has 0 aliphatic rings. The van der Waals surface area contributed by atoms with E-state index >= 15 is 0 Å². The minimum Gasteiger partial charge on any atom is -0.507 e. The fourth-order valence-corrected chi connectivity index (χ4v) is 2.09. The summed E-state index contributed by atoms with van der Waals surface area (Å²) in [5, 5.41) is 12.8. The van der Waals surface area contributed by atoms with Crippen LogP contribution < -0.4 is 10.1 Å². The number of ether oxygens (including phenoxy) is 1. The van der Waals surface area contributed by atoms with Crippen molar-refractivity contribution in [2.45, 2.75) is 46.6 Å². The normalized spacial score (nSPS) is 13.1. The van der Waals surface area contributed by atoms with Gasteiger partial charge in [-0.05, 0) is 30.0 Å². The molecule has 5 nitrogen and oxygen atoms in total. The number of amides is 1. The van der Waals surface area contributed by atoms with Crippen LogP contribution in [0, 0.1) is 5.41 Å². The molecule has 0 radical (unpaired) electrons. The second-order valence-corrected chi connectivity index (χ2v) is 6.62. The van der Waals surface area contributed by atoms with Gasteiger partial charge >= 0.3 is 0 Å². The maximum atomic E-state index is 12.4. The summed E-state index contributed by atoms with van der Waals surface area (Å²) in [5.41, 5.74) is 0.210. The first kappa shape index (κ1) is 19.0. The van der Waals surface area contributed by atoms with Gasteiger partial charge in [0.1, 0.15) is 17.5 Å². The number of nitrogens with one attached hydrogen (secondary N) is 1. The van der Waals surface area contributed by atoms with Gasteiger partial charge in [0.2, 0.25) is 5.91 Å².